The van der Waals surface area contributed by atoms with Crippen molar-refractivity contribution in [3.05, 3.63) is 99.4 Å². The summed E-state index contributed by atoms with van der Waals surface area (Å²) in [7, 11) is 1.49. The fourth-order valence-corrected chi connectivity index (χ4v) is 4.41. The third kappa shape index (κ3) is 4.95. The van der Waals surface area contributed by atoms with Crippen molar-refractivity contribution in [1.29, 1.82) is 5.41 Å². The average molecular weight is 515 g/mol. The first-order chi connectivity index (χ1) is 17.9. The number of aromatic nitrogens is 1. The number of nitrogens with one attached hydrogen (secondary N) is 1. The molecule has 1 aromatic heterocycles. The van der Waals surface area contributed by atoms with Gasteiger partial charge in [0.2, 0.25) is 5.17 Å². The summed E-state index contributed by atoms with van der Waals surface area (Å²) in [5, 5.41) is 26.1. The van der Waals surface area contributed by atoms with Crippen molar-refractivity contribution >= 4 is 45.5 Å². The Balaban J connectivity index is 1.34. The highest BCUT2D eigenvalue weighted by Crippen LogP contribution is 2.33. The second-order valence-electron chi connectivity index (χ2n) is 7.79. The van der Waals surface area contributed by atoms with Gasteiger partial charge < -0.3 is 9.47 Å². The molecule has 3 heterocycles. The molecule has 184 valence electrons. The maximum absolute atomic E-state index is 12.7. The number of amidine groups is 2. The van der Waals surface area contributed by atoms with Gasteiger partial charge in [0.25, 0.3) is 11.6 Å². The molecule has 37 heavy (non-hydrogen) atoms. The van der Waals surface area contributed by atoms with E-state index in [2.05, 4.69) is 15.1 Å². The van der Waals surface area contributed by atoms with Gasteiger partial charge in [0.05, 0.1) is 17.6 Å². The lowest BCUT2D eigenvalue weighted by atomic mass is 10.1. The van der Waals surface area contributed by atoms with Gasteiger partial charge in [-0.05, 0) is 65.4 Å². The fraction of sp³-hybridized carbons (Fsp3) is 0.0800. The van der Waals surface area contributed by atoms with Gasteiger partial charge in [-0.3, -0.25) is 25.3 Å². The lowest BCUT2D eigenvalue weighted by Crippen LogP contribution is -2.35. The van der Waals surface area contributed by atoms with Gasteiger partial charge in [-0.15, -0.1) is 0 Å². The van der Waals surface area contributed by atoms with Crippen LogP contribution < -0.4 is 9.47 Å². The van der Waals surface area contributed by atoms with Crippen LogP contribution in [0.4, 0.5) is 5.69 Å². The number of rotatable bonds is 7. The van der Waals surface area contributed by atoms with Crippen LogP contribution in [0.2, 0.25) is 0 Å². The second-order valence-corrected chi connectivity index (χ2v) is 8.75. The Hall–Kier alpha value is -4.84. The summed E-state index contributed by atoms with van der Waals surface area (Å²) < 4.78 is 11.3. The van der Waals surface area contributed by atoms with Crippen LogP contribution in [-0.2, 0) is 11.4 Å². The molecule has 0 radical (unpaired) electrons. The molecule has 12 heteroatoms. The zero-order valence-electron chi connectivity index (χ0n) is 19.3. The van der Waals surface area contributed by atoms with Crippen LogP contribution in [0.1, 0.15) is 16.7 Å². The molecule has 0 saturated heterocycles. The number of nitro groups is 1. The zero-order chi connectivity index (χ0) is 25.9. The highest BCUT2D eigenvalue weighted by Gasteiger charge is 2.36. The van der Waals surface area contributed by atoms with E-state index in [4.69, 9.17) is 14.9 Å². The predicted octanol–water partition coefficient (Wildman–Crippen LogP) is 4.24. The van der Waals surface area contributed by atoms with Gasteiger partial charge >= 0.3 is 0 Å². The molecule has 0 spiro atoms. The summed E-state index contributed by atoms with van der Waals surface area (Å²) in [6.07, 6.45) is 4.86. The van der Waals surface area contributed by atoms with Crippen LogP contribution in [0, 0.1) is 15.5 Å². The number of carbonyl (C=O) groups is 1. The van der Waals surface area contributed by atoms with Crippen LogP contribution in [0.25, 0.3) is 6.08 Å². The van der Waals surface area contributed by atoms with E-state index in [9.17, 15) is 14.9 Å². The minimum atomic E-state index is -0.538. The average Bonchev–Trinajstić information content (AvgIpc) is 3.35. The molecule has 3 aromatic rings. The summed E-state index contributed by atoms with van der Waals surface area (Å²) in [6, 6.07) is 14.8. The number of aliphatic imine (C=N–C) groups is 1. The van der Waals surface area contributed by atoms with Gasteiger partial charge in [0.15, 0.2) is 17.3 Å². The van der Waals surface area contributed by atoms with Crippen LogP contribution in [-0.4, -0.2) is 44.0 Å². The van der Waals surface area contributed by atoms with Crippen LogP contribution in [0.5, 0.6) is 11.5 Å². The van der Waals surface area contributed by atoms with E-state index in [1.165, 1.54) is 36.0 Å². The SMILES string of the molecule is COc1cc(C=C2C(=N)N3N=C(c4cccnc4)SC3=NC2=O)ccc1OCc1ccc([N+](=O)[O-])cc1. The number of hydrazone groups is 1. The first-order valence-electron chi connectivity index (χ1n) is 10.9. The number of methoxy groups -OCH3 is 1. The molecule has 0 atom stereocenters. The number of ether oxygens (including phenoxy) is 2. The molecule has 11 nitrogen and oxygen atoms in total. The van der Waals surface area contributed by atoms with Crippen molar-refractivity contribution in [2.75, 3.05) is 7.11 Å². The van der Waals surface area contributed by atoms with Gasteiger partial charge in [-0.2, -0.15) is 15.1 Å². The molecule has 0 saturated carbocycles. The van der Waals surface area contributed by atoms with Crippen molar-refractivity contribution in [2.45, 2.75) is 6.61 Å². The number of amides is 1. The summed E-state index contributed by atoms with van der Waals surface area (Å²) in [5.74, 6) is 0.251. The van der Waals surface area contributed by atoms with Crippen LogP contribution in [0.15, 0.2) is 82.7 Å². The maximum atomic E-state index is 12.7. The number of carbonyl (C=O) groups excluding carboxylic acids is 1. The minimum absolute atomic E-state index is 0.00418. The number of nitrogens with zero attached hydrogens (tertiary/aromatic N) is 5. The summed E-state index contributed by atoms with van der Waals surface area (Å²) in [4.78, 5) is 31.3. The number of nitro benzene ring substituents is 1. The van der Waals surface area contributed by atoms with E-state index in [0.717, 1.165) is 11.1 Å². The van der Waals surface area contributed by atoms with Crippen molar-refractivity contribution in [2.24, 2.45) is 10.1 Å². The smallest absolute Gasteiger partial charge is 0.283 e. The van der Waals surface area contributed by atoms with Gasteiger partial charge in [-0.25, -0.2) is 0 Å². The highest BCUT2D eigenvalue weighted by atomic mass is 32.2. The molecule has 1 amide bonds. The number of thioether (sulfide) groups is 1. The van der Waals surface area contributed by atoms with Crippen molar-refractivity contribution in [1.82, 2.24) is 9.99 Å². The highest BCUT2D eigenvalue weighted by molar-refractivity contribution is 8.27. The summed E-state index contributed by atoms with van der Waals surface area (Å²) in [6.45, 7) is 0.180. The Bertz CT molecular complexity index is 1500. The quantitative estimate of drug-likeness (QED) is 0.280. The lowest BCUT2D eigenvalue weighted by molar-refractivity contribution is -0.384. The summed E-state index contributed by atoms with van der Waals surface area (Å²) >= 11 is 1.20. The van der Waals surface area contributed by atoms with E-state index in [1.807, 2.05) is 6.07 Å². The first-order valence-corrected chi connectivity index (χ1v) is 11.7. The van der Waals surface area contributed by atoms with E-state index in [-0.39, 0.29) is 23.7 Å². The Morgan fingerprint density at radius 3 is 2.68 bits per heavy atom. The molecule has 2 aliphatic heterocycles. The van der Waals surface area contributed by atoms with E-state index in [0.29, 0.717) is 27.3 Å². The number of hydrogen-bond acceptors (Lipinski definition) is 9. The molecule has 1 N–H and O–H groups in total. The monoisotopic (exact) mass is 514 g/mol. The van der Waals surface area contributed by atoms with Crippen LogP contribution in [0.3, 0.4) is 0 Å². The molecule has 0 unspecified atom stereocenters. The van der Waals surface area contributed by atoms with Gasteiger partial charge in [0, 0.05) is 30.1 Å². The third-order valence-electron chi connectivity index (χ3n) is 5.40. The molecule has 2 aromatic carbocycles. The Morgan fingerprint density at radius 2 is 1.97 bits per heavy atom. The number of hydrogen-bond donors (Lipinski definition) is 1. The predicted molar refractivity (Wildman–Crippen MR) is 139 cm³/mol. The number of fused-ring (bicyclic) bond motifs is 1. The normalized spacial score (nSPS) is 15.8. The van der Waals surface area contributed by atoms with Crippen LogP contribution >= 0.6 is 11.8 Å². The topological polar surface area (TPSA) is 143 Å². The van der Waals surface area contributed by atoms with E-state index in [1.54, 1.807) is 54.9 Å². The van der Waals surface area contributed by atoms with Gasteiger partial charge in [-0.1, -0.05) is 6.07 Å². The second kappa shape index (κ2) is 10.0. The lowest BCUT2D eigenvalue weighted by Gasteiger charge is -2.20. The molecule has 5 rings (SSSR count). The molecular formula is C25H18N6O5S. The zero-order valence-corrected chi connectivity index (χ0v) is 20.1. The minimum Gasteiger partial charge on any atom is -0.493 e. The van der Waals surface area contributed by atoms with Crippen molar-refractivity contribution in [3.8, 4) is 11.5 Å². The first kappa shape index (κ1) is 23.9. The van der Waals surface area contributed by atoms with E-state index >= 15 is 0 Å². The van der Waals surface area contributed by atoms with Crippen molar-refractivity contribution < 1.29 is 19.2 Å². The Morgan fingerprint density at radius 1 is 1.16 bits per heavy atom. The molecule has 0 fully saturated rings. The number of pyridine rings is 1. The Labute approximate surface area is 214 Å². The molecule has 0 aliphatic carbocycles. The number of non-ortho nitro benzene ring substituents is 1. The van der Waals surface area contributed by atoms with E-state index < -0.39 is 10.8 Å². The van der Waals surface area contributed by atoms with Gasteiger partial charge in [0.1, 0.15) is 11.7 Å². The molecule has 0 bridgehead atoms. The largest absolute Gasteiger partial charge is 0.493 e. The molecule has 2 aliphatic rings. The molecular weight excluding hydrogens is 496 g/mol. The number of benzene rings is 2. The standard InChI is InChI=1S/C25H18N6O5S/c1-35-21-12-16(6-9-20(21)36-14-15-4-7-18(8-5-15)31(33)34)11-19-22(26)30-25(28-23(19)32)37-24(29-30)17-3-2-10-27-13-17/h2-13,26H,14H2,1H3. The maximum Gasteiger partial charge on any atom is 0.283 e. The Kier molecular flexibility index (Phi) is 6.47. The fourth-order valence-electron chi connectivity index (χ4n) is 3.53. The third-order valence-corrected chi connectivity index (χ3v) is 6.36. The van der Waals surface area contributed by atoms with Crippen molar-refractivity contribution in [3.63, 3.8) is 0 Å². The summed E-state index contributed by atoms with van der Waals surface area (Å²) in [5.41, 5.74) is 2.22.